The smallest absolute Gasteiger partial charge is 0.251 e. The predicted octanol–water partition coefficient (Wildman–Crippen LogP) is 3.67. The average molecular weight is 492 g/mol. The third-order valence-electron chi connectivity index (χ3n) is 5.81. The van der Waals surface area contributed by atoms with Crippen LogP contribution in [0.4, 0.5) is 5.82 Å². The van der Waals surface area contributed by atoms with Gasteiger partial charge in [0.1, 0.15) is 23.3 Å². The van der Waals surface area contributed by atoms with Gasteiger partial charge < -0.3 is 15.4 Å². The fourth-order valence-corrected chi connectivity index (χ4v) is 3.81. The van der Waals surface area contributed by atoms with Gasteiger partial charge in [0.15, 0.2) is 0 Å². The van der Waals surface area contributed by atoms with Crippen molar-refractivity contribution in [2.45, 2.75) is 19.8 Å². The Morgan fingerprint density at radius 3 is 2.84 bits per heavy atom. The molecule has 0 saturated heterocycles. The van der Waals surface area contributed by atoms with E-state index in [4.69, 9.17) is 4.74 Å². The van der Waals surface area contributed by atoms with Crippen LogP contribution in [0.3, 0.4) is 0 Å². The van der Waals surface area contributed by atoms with Crippen LogP contribution in [0.5, 0.6) is 5.75 Å². The number of anilines is 1. The highest BCUT2D eigenvalue weighted by molar-refractivity contribution is 5.94. The Morgan fingerprint density at radius 2 is 2.08 bits per heavy atom. The van der Waals surface area contributed by atoms with Crippen LogP contribution in [-0.2, 0) is 0 Å². The van der Waals surface area contributed by atoms with E-state index >= 15 is 0 Å². The van der Waals surface area contributed by atoms with Crippen molar-refractivity contribution in [1.29, 1.82) is 5.26 Å². The van der Waals surface area contributed by atoms with Crippen LogP contribution in [0.1, 0.15) is 41.4 Å². The van der Waals surface area contributed by atoms with Crippen molar-refractivity contribution >= 4 is 17.2 Å². The Morgan fingerprint density at radius 1 is 1.19 bits per heavy atom. The average Bonchev–Trinajstić information content (AvgIpc) is 3.67. The summed E-state index contributed by atoms with van der Waals surface area (Å²) in [5.74, 6) is 7.84. The number of nitrogens with one attached hydrogen (secondary N) is 2. The number of nitriles is 1. The van der Waals surface area contributed by atoms with Crippen LogP contribution in [-0.4, -0.2) is 45.2 Å². The fraction of sp³-hybridized carbons (Fsp3) is 0.250. The predicted molar refractivity (Wildman–Crippen MR) is 139 cm³/mol. The highest BCUT2D eigenvalue weighted by Gasteiger charge is 2.18. The molecule has 0 aromatic carbocycles. The van der Waals surface area contributed by atoms with E-state index in [1.165, 1.54) is 0 Å². The first-order valence-electron chi connectivity index (χ1n) is 12.1. The zero-order valence-electron chi connectivity index (χ0n) is 20.4. The van der Waals surface area contributed by atoms with E-state index in [-0.39, 0.29) is 5.91 Å². The molecule has 37 heavy (non-hydrogen) atoms. The first kappa shape index (κ1) is 23.8. The quantitative estimate of drug-likeness (QED) is 0.285. The van der Waals surface area contributed by atoms with Gasteiger partial charge >= 0.3 is 0 Å². The topological polar surface area (TPSA) is 117 Å². The van der Waals surface area contributed by atoms with E-state index in [1.54, 1.807) is 41.4 Å². The summed E-state index contributed by atoms with van der Waals surface area (Å²) in [7, 11) is 0. The van der Waals surface area contributed by atoms with Gasteiger partial charge in [-0.15, -0.1) is 0 Å². The lowest BCUT2D eigenvalue weighted by atomic mass is 10.1. The molecule has 1 amide bonds. The number of pyridine rings is 3. The lowest BCUT2D eigenvalue weighted by Gasteiger charge is -2.11. The molecule has 4 aromatic heterocycles. The highest BCUT2D eigenvalue weighted by atomic mass is 16.5. The van der Waals surface area contributed by atoms with E-state index in [1.807, 2.05) is 25.1 Å². The molecule has 0 atom stereocenters. The summed E-state index contributed by atoms with van der Waals surface area (Å²) in [6.07, 6.45) is 8.94. The number of rotatable bonds is 8. The second kappa shape index (κ2) is 10.8. The molecule has 184 valence electrons. The molecule has 1 fully saturated rings. The summed E-state index contributed by atoms with van der Waals surface area (Å²) in [5, 5.41) is 19.9. The Labute approximate surface area is 214 Å². The van der Waals surface area contributed by atoms with Crippen molar-refractivity contribution in [3.05, 3.63) is 71.9 Å². The third-order valence-corrected chi connectivity index (χ3v) is 5.81. The molecule has 0 bridgehead atoms. The molecular formula is C28H25N7O2. The summed E-state index contributed by atoms with van der Waals surface area (Å²) in [6, 6.07) is 11.3. The largest absolute Gasteiger partial charge is 0.492 e. The molecule has 0 aliphatic heterocycles. The van der Waals surface area contributed by atoms with Gasteiger partial charge in [-0.2, -0.15) is 10.4 Å². The van der Waals surface area contributed by atoms with Crippen molar-refractivity contribution in [3.63, 3.8) is 0 Å². The summed E-state index contributed by atoms with van der Waals surface area (Å²) >= 11 is 0. The number of carbonyl (C=O) groups excluding carboxylic acids is 1. The second-order valence-corrected chi connectivity index (χ2v) is 8.57. The first-order chi connectivity index (χ1) is 18.1. The summed E-state index contributed by atoms with van der Waals surface area (Å²) in [4.78, 5) is 21.2. The van der Waals surface area contributed by atoms with Crippen LogP contribution in [0.15, 0.2) is 55.1 Å². The number of nitrogens with zero attached hydrogens (tertiary/aromatic N) is 5. The Bertz CT molecular complexity index is 1540. The summed E-state index contributed by atoms with van der Waals surface area (Å²) in [6.45, 7) is 3.36. The van der Waals surface area contributed by atoms with Gasteiger partial charge in [0, 0.05) is 48.1 Å². The molecule has 5 rings (SSSR count). The van der Waals surface area contributed by atoms with E-state index in [0.29, 0.717) is 59.5 Å². The Balaban J connectivity index is 1.20. The number of hydrogen-bond donors (Lipinski definition) is 2. The molecule has 2 N–H and O–H groups in total. The van der Waals surface area contributed by atoms with Crippen LogP contribution in [0, 0.1) is 29.1 Å². The second-order valence-electron chi connectivity index (χ2n) is 8.57. The van der Waals surface area contributed by atoms with Crippen molar-refractivity contribution in [2.24, 2.45) is 5.92 Å². The number of fused-ring (bicyclic) bond motifs is 1. The maximum absolute atomic E-state index is 12.5. The van der Waals surface area contributed by atoms with E-state index in [0.717, 1.165) is 24.0 Å². The van der Waals surface area contributed by atoms with E-state index < -0.39 is 0 Å². The lowest BCUT2D eigenvalue weighted by Crippen LogP contribution is -2.29. The van der Waals surface area contributed by atoms with E-state index in [2.05, 4.69) is 43.6 Å². The summed E-state index contributed by atoms with van der Waals surface area (Å²) in [5.41, 5.74) is 3.98. The molecule has 4 aromatic rings. The molecule has 0 spiro atoms. The van der Waals surface area contributed by atoms with Crippen LogP contribution in [0.2, 0.25) is 0 Å². The minimum absolute atomic E-state index is 0.172. The number of carbonyl (C=O) groups is 1. The van der Waals surface area contributed by atoms with Crippen LogP contribution >= 0.6 is 0 Å². The summed E-state index contributed by atoms with van der Waals surface area (Å²) < 4.78 is 7.32. The van der Waals surface area contributed by atoms with Gasteiger partial charge in [-0.05, 0) is 56.0 Å². The standard InChI is InChI=1S/C28H25N7O2/c1-2-37-24-14-25(27-22(15-29)17-34-35(27)18-24)21-6-8-26(33-16-21)31-11-12-32-28(36)20-9-10-30-23(13-20)7-5-19-3-4-19/h6,8-10,13-14,16-19H,2-4,11-12H2,1H3,(H,31,33)(H,32,36). The van der Waals surface area contributed by atoms with Gasteiger partial charge in [-0.3, -0.25) is 4.79 Å². The van der Waals surface area contributed by atoms with E-state index in [9.17, 15) is 10.1 Å². The molecule has 0 radical (unpaired) electrons. The molecular weight excluding hydrogens is 466 g/mol. The van der Waals surface area contributed by atoms with Gasteiger partial charge in [0.2, 0.25) is 0 Å². The number of aromatic nitrogens is 4. The zero-order valence-corrected chi connectivity index (χ0v) is 20.4. The van der Waals surface area contributed by atoms with Gasteiger partial charge in [0.25, 0.3) is 5.91 Å². The monoisotopic (exact) mass is 491 g/mol. The molecule has 9 nitrogen and oxygen atoms in total. The molecule has 0 unspecified atom stereocenters. The fourth-order valence-electron chi connectivity index (χ4n) is 3.81. The maximum atomic E-state index is 12.5. The maximum Gasteiger partial charge on any atom is 0.251 e. The molecule has 1 aliphatic rings. The molecule has 1 saturated carbocycles. The SMILES string of the molecule is CCOc1cc(-c2ccc(NCCNC(=O)c3ccnc(C#CC4CC4)c3)nc2)c2c(C#N)cnn2c1. The Hall–Kier alpha value is -4.89. The minimum Gasteiger partial charge on any atom is -0.492 e. The van der Waals surface area contributed by atoms with Crippen molar-refractivity contribution < 1.29 is 9.53 Å². The van der Waals surface area contributed by atoms with Crippen molar-refractivity contribution in [2.75, 3.05) is 25.0 Å². The van der Waals surface area contributed by atoms with Crippen molar-refractivity contribution in [3.8, 4) is 34.8 Å². The lowest BCUT2D eigenvalue weighted by molar-refractivity contribution is 0.0955. The number of hydrogen-bond acceptors (Lipinski definition) is 7. The van der Waals surface area contributed by atoms with Gasteiger partial charge in [-0.25, -0.2) is 14.5 Å². The number of ether oxygens (including phenoxy) is 1. The normalized spacial score (nSPS) is 12.3. The van der Waals surface area contributed by atoms with Crippen LogP contribution in [0.25, 0.3) is 16.6 Å². The highest BCUT2D eigenvalue weighted by Crippen LogP contribution is 2.31. The molecule has 4 heterocycles. The number of amides is 1. The van der Waals surface area contributed by atoms with Gasteiger partial charge in [0.05, 0.1) is 30.1 Å². The third kappa shape index (κ3) is 5.68. The van der Waals surface area contributed by atoms with Gasteiger partial charge in [-0.1, -0.05) is 5.92 Å². The molecule has 9 heteroatoms. The first-order valence-corrected chi connectivity index (χ1v) is 12.1. The van der Waals surface area contributed by atoms with Crippen LogP contribution < -0.4 is 15.4 Å². The zero-order chi connectivity index (χ0) is 25.6. The minimum atomic E-state index is -0.172. The van der Waals surface area contributed by atoms with Crippen molar-refractivity contribution in [1.82, 2.24) is 24.9 Å². The Kier molecular flexibility index (Phi) is 6.95. The molecule has 1 aliphatic carbocycles.